The molecule has 208 valence electrons. The van der Waals surface area contributed by atoms with Crippen LogP contribution in [0.2, 0.25) is 0 Å². The van der Waals surface area contributed by atoms with Crippen LogP contribution in [-0.2, 0) is 0 Å². The number of benzene rings is 6. The van der Waals surface area contributed by atoms with Crippen molar-refractivity contribution in [1.82, 2.24) is 0 Å². The van der Waals surface area contributed by atoms with Crippen LogP contribution in [-0.4, -0.2) is 23.6 Å². The first-order valence-electron chi connectivity index (χ1n) is 13.9. The van der Waals surface area contributed by atoms with E-state index < -0.39 is 0 Å². The Morgan fingerprint density at radius 3 is 1.07 bits per heavy atom. The number of hydrogen-bond donors (Lipinski definition) is 0. The SMILES string of the molecule is O=C1c2cccc3cccc(c23)C(=O)N1c1ccc2c(c1)Sc1ccc(N3C(=O)c4cccc5cccc(c45)C3=O)cc1S2. The highest BCUT2D eigenvalue weighted by molar-refractivity contribution is 8.05. The first-order valence-corrected chi connectivity index (χ1v) is 15.6. The van der Waals surface area contributed by atoms with Crippen molar-refractivity contribution in [3.8, 4) is 0 Å². The first-order chi connectivity index (χ1) is 21.5. The van der Waals surface area contributed by atoms with E-state index in [1.54, 1.807) is 36.4 Å². The van der Waals surface area contributed by atoms with Crippen LogP contribution >= 0.6 is 23.5 Å². The first kappa shape index (κ1) is 25.3. The second-order valence-electron chi connectivity index (χ2n) is 10.8. The summed E-state index contributed by atoms with van der Waals surface area (Å²) in [5.41, 5.74) is 3.06. The van der Waals surface area contributed by atoms with E-state index in [1.807, 2.05) is 72.8 Å². The molecule has 0 atom stereocenters. The predicted molar refractivity (Wildman–Crippen MR) is 171 cm³/mol. The number of hydrogen-bond acceptors (Lipinski definition) is 6. The number of imide groups is 2. The number of rotatable bonds is 2. The summed E-state index contributed by atoms with van der Waals surface area (Å²) in [7, 11) is 0. The lowest BCUT2D eigenvalue weighted by molar-refractivity contribution is 0.0877. The van der Waals surface area contributed by atoms with Crippen molar-refractivity contribution in [2.45, 2.75) is 19.6 Å². The molecule has 3 heterocycles. The quantitative estimate of drug-likeness (QED) is 0.185. The van der Waals surface area contributed by atoms with Crippen molar-refractivity contribution in [2.24, 2.45) is 0 Å². The third-order valence-electron chi connectivity index (χ3n) is 8.35. The third-order valence-corrected chi connectivity index (χ3v) is 10.9. The number of carbonyl (C=O) groups is 4. The van der Waals surface area contributed by atoms with Gasteiger partial charge in [-0.1, -0.05) is 72.1 Å². The molecule has 0 bridgehead atoms. The Morgan fingerprint density at radius 1 is 0.386 bits per heavy atom. The largest absolute Gasteiger partial charge is 0.268 e. The summed E-state index contributed by atoms with van der Waals surface area (Å²) in [4.78, 5) is 60.6. The minimum absolute atomic E-state index is 0.342. The molecule has 0 spiro atoms. The lowest BCUT2D eigenvalue weighted by Gasteiger charge is -2.29. The molecular weight excluding hydrogens is 589 g/mol. The second-order valence-corrected chi connectivity index (χ2v) is 12.9. The molecule has 0 fully saturated rings. The van der Waals surface area contributed by atoms with Crippen LogP contribution in [0.4, 0.5) is 11.4 Å². The van der Waals surface area contributed by atoms with Crippen molar-refractivity contribution in [3.05, 3.63) is 131 Å². The molecule has 3 aliphatic heterocycles. The average Bonchev–Trinajstić information content (AvgIpc) is 3.05. The van der Waals surface area contributed by atoms with E-state index in [2.05, 4.69) is 0 Å². The molecule has 4 amide bonds. The fourth-order valence-corrected chi connectivity index (χ4v) is 8.63. The zero-order valence-electron chi connectivity index (χ0n) is 22.7. The summed E-state index contributed by atoms with van der Waals surface area (Å²) >= 11 is 3.05. The monoisotopic (exact) mass is 606 g/mol. The van der Waals surface area contributed by atoms with E-state index in [-0.39, 0.29) is 23.6 Å². The van der Waals surface area contributed by atoms with Gasteiger partial charge in [-0.05, 0) is 71.4 Å². The Balaban J connectivity index is 1.05. The van der Waals surface area contributed by atoms with Crippen LogP contribution in [0.3, 0.4) is 0 Å². The van der Waals surface area contributed by atoms with E-state index in [0.29, 0.717) is 44.4 Å². The smallest absolute Gasteiger partial charge is 0.265 e. The molecule has 6 nitrogen and oxygen atoms in total. The molecule has 0 unspecified atom stereocenters. The van der Waals surface area contributed by atoms with Crippen LogP contribution in [0.25, 0.3) is 21.5 Å². The Bertz CT molecular complexity index is 2080. The highest BCUT2D eigenvalue weighted by Gasteiger charge is 2.36. The highest BCUT2D eigenvalue weighted by Crippen LogP contribution is 2.51. The maximum Gasteiger partial charge on any atom is 0.265 e. The van der Waals surface area contributed by atoms with Crippen molar-refractivity contribution < 1.29 is 19.2 Å². The number of amides is 4. The minimum Gasteiger partial charge on any atom is -0.268 e. The number of nitrogens with zero attached hydrogens (tertiary/aromatic N) is 2. The van der Waals surface area contributed by atoms with Crippen LogP contribution in [0, 0.1) is 0 Å². The van der Waals surface area contributed by atoms with Crippen LogP contribution in [0.5, 0.6) is 0 Å². The van der Waals surface area contributed by atoms with E-state index in [4.69, 9.17) is 0 Å². The molecule has 8 heteroatoms. The summed E-state index contributed by atoms with van der Waals surface area (Å²) in [6.45, 7) is 0. The number of fused-ring (bicyclic) bond motifs is 2. The van der Waals surface area contributed by atoms with Gasteiger partial charge in [-0.15, -0.1) is 0 Å². The Hall–Kier alpha value is -5.18. The molecule has 0 aromatic heterocycles. The van der Waals surface area contributed by atoms with Crippen LogP contribution in [0.1, 0.15) is 41.4 Å². The summed E-state index contributed by atoms with van der Waals surface area (Å²) in [6.07, 6.45) is 0. The van der Waals surface area contributed by atoms with Gasteiger partial charge in [-0.2, -0.15) is 0 Å². The summed E-state index contributed by atoms with van der Waals surface area (Å²) in [5.74, 6) is -1.37. The fourth-order valence-electron chi connectivity index (χ4n) is 6.37. The zero-order valence-corrected chi connectivity index (χ0v) is 24.4. The van der Waals surface area contributed by atoms with E-state index in [9.17, 15) is 19.2 Å². The number of carbonyl (C=O) groups excluding carboxylic acids is 4. The Labute approximate surface area is 259 Å². The van der Waals surface area contributed by atoms with E-state index in [1.165, 1.54) is 33.3 Å². The van der Waals surface area contributed by atoms with Gasteiger partial charge in [0.1, 0.15) is 0 Å². The van der Waals surface area contributed by atoms with Gasteiger partial charge in [0, 0.05) is 52.6 Å². The van der Waals surface area contributed by atoms with Crippen LogP contribution in [0.15, 0.2) is 129 Å². The molecule has 44 heavy (non-hydrogen) atoms. The molecule has 0 saturated heterocycles. The summed E-state index contributed by atoms with van der Waals surface area (Å²) in [5, 5.41) is 3.12. The molecule has 6 aromatic rings. The molecule has 9 rings (SSSR count). The molecule has 3 aliphatic rings. The van der Waals surface area contributed by atoms with Gasteiger partial charge < -0.3 is 0 Å². The Kier molecular flexibility index (Phi) is 5.27. The van der Waals surface area contributed by atoms with E-state index in [0.717, 1.165) is 30.4 Å². The van der Waals surface area contributed by atoms with Gasteiger partial charge >= 0.3 is 0 Å². The standard InChI is InChI=1S/C36H18N2O4S2/c39-33-23-9-1-5-19-6-2-10-24(31(19)23)34(40)37(33)21-13-15-27-29(17-21)43-28-16-14-22(18-30(28)44-27)38-35(41)25-11-3-7-20-8-4-12-26(32(20)25)36(38)42/h1-18H. The van der Waals surface area contributed by atoms with Gasteiger partial charge in [-0.25, -0.2) is 9.80 Å². The molecule has 6 aromatic carbocycles. The van der Waals surface area contributed by atoms with Crippen molar-refractivity contribution in [3.63, 3.8) is 0 Å². The fraction of sp³-hybridized carbons (Fsp3) is 0. The average molecular weight is 607 g/mol. The summed E-state index contributed by atoms with van der Waals surface area (Å²) in [6, 6.07) is 33.2. The van der Waals surface area contributed by atoms with Crippen LogP contribution < -0.4 is 9.80 Å². The molecular formula is C36H18N2O4S2. The number of anilines is 2. The van der Waals surface area contributed by atoms with Crippen molar-refractivity contribution in [2.75, 3.05) is 9.80 Å². The maximum absolute atomic E-state index is 13.6. The topological polar surface area (TPSA) is 74.8 Å². The zero-order chi connectivity index (χ0) is 29.7. The lowest BCUT2D eigenvalue weighted by Crippen LogP contribution is -2.40. The van der Waals surface area contributed by atoms with E-state index >= 15 is 0 Å². The van der Waals surface area contributed by atoms with Gasteiger partial charge in [0.15, 0.2) is 0 Å². The Morgan fingerprint density at radius 2 is 0.727 bits per heavy atom. The molecule has 0 radical (unpaired) electrons. The normalized spacial score (nSPS) is 15.2. The minimum atomic E-state index is -0.342. The maximum atomic E-state index is 13.6. The second kappa shape index (κ2) is 9.16. The molecule has 0 N–H and O–H groups in total. The molecule has 0 aliphatic carbocycles. The van der Waals surface area contributed by atoms with Crippen molar-refractivity contribution >= 4 is 80.1 Å². The highest BCUT2D eigenvalue weighted by atomic mass is 32.2. The van der Waals surface area contributed by atoms with Gasteiger partial charge in [0.25, 0.3) is 23.6 Å². The van der Waals surface area contributed by atoms with Gasteiger partial charge in [0.2, 0.25) is 0 Å². The van der Waals surface area contributed by atoms with Crippen molar-refractivity contribution in [1.29, 1.82) is 0 Å². The molecule has 0 saturated carbocycles. The predicted octanol–water partition coefficient (Wildman–Crippen LogP) is 8.21. The van der Waals surface area contributed by atoms with Gasteiger partial charge in [0.05, 0.1) is 11.4 Å². The third kappa shape index (κ3) is 3.46. The summed E-state index contributed by atoms with van der Waals surface area (Å²) < 4.78 is 0. The van der Waals surface area contributed by atoms with Gasteiger partial charge in [-0.3, -0.25) is 19.2 Å². The lowest BCUT2D eigenvalue weighted by atomic mass is 9.94.